The van der Waals surface area contributed by atoms with Gasteiger partial charge in [0.2, 0.25) is 0 Å². The van der Waals surface area contributed by atoms with Gasteiger partial charge in [-0.3, -0.25) is 20.0 Å². The largest absolute Gasteiger partial charge is 0.362 e. The molecule has 0 radical (unpaired) electrons. The second kappa shape index (κ2) is 9.27. The van der Waals surface area contributed by atoms with Crippen molar-refractivity contribution in [3.63, 3.8) is 0 Å². The van der Waals surface area contributed by atoms with E-state index in [0.29, 0.717) is 11.8 Å². The molecule has 0 heterocycles. The highest BCUT2D eigenvalue weighted by Crippen LogP contribution is 1.99. The molecule has 17 heavy (non-hydrogen) atoms. The second-order valence-corrected chi connectivity index (χ2v) is 5.61. The van der Waals surface area contributed by atoms with Crippen molar-refractivity contribution < 1.29 is 9.05 Å². The van der Waals surface area contributed by atoms with Gasteiger partial charge in [-0.05, 0) is 25.7 Å². The van der Waals surface area contributed by atoms with E-state index in [9.17, 15) is 0 Å². The number of hydrogen-bond acceptors (Lipinski definition) is 4. The smallest absolute Gasteiger partial charge is 0.294 e. The molecule has 2 N–H and O–H groups in total. The number of allylic oxidation sites excluding steroid dienone is 4. The van der Waals surface area contributed by atoms with Crippen molar-refractivity contribution in [2.45, 2.75) is 41.5 Å². The Labute approximate surface area is 107 Å². The molecule has 0 aromatic carbocycles. The molecular formula is C12H26N2O2Si. The standard InChI is InChI=1S/C12H26N2O2Si/c1-9(2)7-11(5)13-15-17-16-14-12(6)8-10(3)4/h7-10,13-14H,17H2,1-6H3. The Morgan fingerprint density at radius 3 is 1.53 bits per heavy atom. The van der Waals surface area contributed by atoms with E-state index in [1.54, 1.807) is 0 Å². The van der Waals surface area contributed by atoms with Crippen molar-refractivity contribution in [1.82, 2.24) is 11.0 Å². The van der Waals surface area contributed by atoms with Crippen molar-refractivity contribution >= 4 is 10.0 Å². The predicted octanol–water partition coefficient (Wildman–Crippen LogP) is 2.15. The van der Waals surface area contributed by atoms with Crippen LogP contribution in [0.2, 0.25) is 0 Å². The van der Waals surface area contributed by atoms with Gasteiger partial charge in [0, 0.05) is 11.4 Å². The lowest BCUT2D eigenvalue weighted by molar-refractivity contribution is 0.134. The maximum Gasteiger partial charge on any atom is 0.362 e. The Balaban J connectivity index is 3.60. The molecule has 0 saturated heterocycles. The molecule has 0 aromatic rings. The van der Waals surface area contributed by atoms with Crippen LogP contribution in [0.1, 0.15) is 41.5 Å². The summed E-state index contributed by atoms with van der Waals surface area (Å²) in [5, 5.41) is 0. The Morgan fingerprint density at radius 1 is 0.882 bits per heavy atom. The molecule has 0 aliphatic rings. The topological polar surface area (TPSA) is 42.5 Å². The molecule has 0 fully saturated rings. The van der Waals surface area contributed by atoms with E-state index in [2.05, 4.69) is 50.8 Å². The zero-order valence-electron chi connectivity index (χ0n) is 11.8. The molecule has 0 aliphatic carbocycles. The minimum Gasteiger partial charge on any atom is -0.294 e. The lowest BCUT2D eigenvalue weighted by Crippen LogP contribution is -2.23. The van der Waals surface area contributed by atoms with E-state index in [0.717, 1.165) is 11.4 Å². The Bertz CT molecular complexity index is 237. The van der Waals surface area contributed by atoms with Gasteiger partial charge in [0.25, 0.3) is 0 Å². The average Bonchev–Trinajstić information content (AvgIpc) is 2.14. The lowest BCUT2D eigenvalue weighted by Gasteiger charge is -2.10. The number of hydroxylamine groups is 2. The molecule has 0 bridgehead atoms. The third kappa shape index (κ3) is 11.5. The summed E-state index contributed by atoms with van der Waals surface area (Å²) in [7, 11) is -1.05. The fraction of sp³-hybridized carbons (Fsp3) is 0.667. The average molecular weight is 258 g/mol. The predicted molar refractivity (Wildman–Crippen MR) is 74.2 cm³/mol. The van der Waals surface area contributed by atoms with Gasteiger partial charge in [-0.15, -0.1) is 0 Å². The van der Waals surface area contributed by atoms with Gasteiger partial charge in [0.1, 0.15) is 0 Å². The molecule has 0 unspecified atom stereocenters. The number of hydrogen-bond donors (Lipinski definition) is 2. The van der Waals surface area contributed by atoms with Gasteiger partial charge in [-0.1, -0.05) is 39.8 Å². The first-order valence-corrected chi connectivity index (χ1v) is 7.19. The summed E-state index contributed by atoms with van der Waals surface area (Å²) in [6.45, 7) is 12.5. The van der Waals surface area contributed by atoms with Crippen molar-refractivity contribution in [3.05, 3.63) is 23.5 Å². The summed E-state index contributed by atoms with van der Waals surface area (Å²) < 4.78 is 10.5. The molecular weight excluding hydrogens is 232 g/mol. The molecule has 0 aromatic heterocycles. The summed E-state index contributed by atoms with van der Waals surface area (Å²) in [5.74, 6) is 1.03. The summed E-state index contributed by atoms with van der Waals surface area (Å²) in [4.78, 5) is 0. The summed E-state index contributed by atoms with van der Waals surface area (Å²) in [6, 6.07) is 0. The van der Waals surface area contributed by atoms with Gasteiger partial charge in [0.15, 0.2) is 0 Å². The van der Waals surface area contributed by atoms with Crippen LogP contribution in [0.15, 0.2) is 23.5 Å². The van der Waals surface area contributed by atoms with Crippen LogP contribution in [0.5, 0.6) is 0 Å². The monoisotopic (exact) mass is 258 g/mol. The van der Waals surface area contributed by atoms with Crippen LogP contribution in [-0.4, -0.2) is 10.0 Å². The van der Waals surface area contributed by atoms with Gasteiger partial charge < -0.3 is 0 Å². The van der Waals surface area contributed by atoms with Gasteiger partial charge in [-0.2, -0.15) is 0 Å². The quantitative estimate of drug-likeness (QED) is 0.398. The Hall–Kier alpha value is -0.783. The van der Waals surface area contributed by atoms with Crippen LogP contribution in [0, 0.1) is 11.8 Å². The van der Waals surface area contributed by atoms with Crippen molar-refractivity contribution in [2.75, 3.05) is 0 Å². The van der Waals surface area contributed by atoms with Crippen LogP contribution in [-0.2, 0) is 9.05 Å². The van der Waals surface area contributed by atoms with Gasteiger partial charge >= 0.3 is 10.0 Å². The van der Waals surface area contributed by atoms with Crippen LogP contribution in [0.25, 0.3) is 0 Å². The number of rotatable bonds is 8. The summed E-state index contributed by atoms with van der Waals surface area (Å²) >= 11 is 0. The first-order chi connectivity index (χ1) is 7.91. The maximum atomic E-state index is 5.26. The molecule has 0 saturated carbocycles. The van der Waals surface area contributed by atoms with Crippen LogP contribution in [0.3, 0.4) is 0 Å². The van der Waals surface area contributed by atoms with Crippen molar-refractivity contribution in [1.29, 1.82) is 0 Å². The molecule has 0 rings (SSSR count). The Kier molecular flexibility index (Phi) is 8.84. The first-order valence-electron chi connectivity index (χ1n) is 6.04. The second-order valence-electron chi connectivity index (χ2n) is 4.80. The SMILES string of the molecule is CC(=CC(C)C)NO[SiH2]ONC(C)=CC(C)C. The Morgan fingerprint density at radius 2 is 1.24 bits per heavy atom. The number of nitrogens with one attached hydrogen (secondary N) is 2. The molecule has 0 amide bonds. The highest BCUT2D eigenvalue weighted by Gasteiger charge is 1.94. The van der Waals surface area contributed by atoms with Crippen LogP contribution >= 0.6 is 0 Å². The van der Waals surface area contributed by atoms with E-state index in [1.165, 1.54) is 0 Å². The fourth-order valence-electron chi connectivity index (χ4n) is 1.38. The molecule has 0 spiro atoms. The maximum absolute atomic E-state index is 5.26. The zero-order chi connectivity index (χ0) is 13.3. The van der Waals surface area contributed by atoms with Gasteiger partial charge in [-0.25, -0.2) is 0 Å². The normalized spacial score (nSPS) is 14.1. The third-order valence-electron chi connectivity index (χ3n) is 1.75. The molecule has 5 heteroatoms. The zero-order valence-corrected chi connectivity index (χ0v) is 13.2. The van der Waals surface area contributed by atoms with E-state index in [-0.39, 0.29) is 0 Å². The molecule has 0 atom stereocenters. The van der Waals surface area contributed by atoms with E-state index < -0.39 is 10.0 Å². The minimum absolute atomic E-state index is 0.517. The highest BCUT2D eigenvalue weighted by atomic mass is 28.3. The van der Waals surface area contributed by atoms with E-state index in [4.69, 9.17) is 9.05 Å². The summed E-state index contributed by atoms with van der Waals surface area (Å²) in [6.07, 6.45) is 4.21. The third-order valence-corrected chi connectivity index (χ3v) is 2.28. The molecule has 4 nitrogen and oxygen atoms in total. The lowest BCUT2D eigenvalue weighted by atomic mass is 10.2. The van der Waals surface area contributed by atoms with Crippen LogP contribution in [0.4, 0.5) is 0 Å². The fourth-order valence-corrected chi connectivity index (χ4v) is 2.02. The molecule has 0 aliphatic heterocycles. The minimum atomic E-state index is -1.05. The van der Waals surface area contributed by atoms with E-state index >= 15 is 0 Å². The van der Waals surface area contributed by atoms with Gasteiger partial charge in [0.05, 0.1) is 0 Å². The van der Waals surface area contributed by atoms with Crippen molar-refractivity contribution in [3.8, 4) is 0 Å². The van der Waals surface area contributed by atoms with Crippen molar-refractivity contribution in [2.24, 2.45) is 11.8 Å². The first kappa shape index (κ1) is 16.2. The summed E-state index contributed by atoms with van der Waals surface area (Å²) in [5.41, 5.74) is 7.77. The van der Waals surface area contributed by atoms with E-state index in [1.807, 2.05) is 13.8 Å². The molecule has 100 valence electrons. The van der Waals surface area contributed by atoms with Crippen LogP contribution < -0.4 is 11.0 Å². The highest BCUT2D eigenvalue weighted by molar-refractivity contribution is 6.17.